The molecule has 2 unspecified atom stereocenters. The molecule has 0 rings (SSSR count). The Morgan fingerprint density at radius 3 is 2.00 bits per heavy atom. The minimum Gasteiger partial charge on any atom is -0.323 e. The summed E-state index contributed by atoms with van der Waals surface area (Å²) in [6, 6.07) is -0.670. The number of rotatable bonds is 4. The summed E-state index contributed by atoms with van der Waals surface area (Å²) >= 11 is 9.88. The van der Waals surface area contributed by atoms with Gasteiger partial charge in [-0.05, 0) is 0 Å². The van der Waals surface area contributed by atoms with Crippen molar-refractivity contribution in [1.29, 1.82) is 0 Å². The fourth-order valence-electron chi connectivity index (χ4n) is 0.322. The molecule has 0 heterocycles. The lowest BCUT2D eigenvalue weighted by molar-refractivity contribution is 0.297. The van der Waals surface area contributed by atoms with Crippen LogP contribution >= 0.6 is 38.4 Å². The summed E-state index contributed by atoms with van der Waals surface area (Å²) in [5.41, 5.74) is 0. The Bertz CT molecular complexity index is 236. The SMILES string of the molecule is O=P(O)(O)C(Cl)P(=O)(O)OCCl. The number of hydrogen-bond donors (Lipinski definition) is 3. The van der Waals surface area contributed by atoms with Crippen molar-refractivity contribution in [2.24, 2.45) is 0 Å². The maximum atomic E-state index is 10.8. The molecule has 74 valence electrons. The first-order valence-electron chi connectivity index (χ1n) is 2.44. The van der Waals surface area contributed by atoms with E-state index < -0.39 is 26.1 Å². The Morgan fingerprint density at radius 2 is 1.75 bits per heavy atom. The molecule has 0 bridgehead atoms. The highest BCUT2D eigenvalue weighted by Gasteiger charge is 2.43. The summed E-state index contributed by atoms with van der Waals surface area (Å²) in [5, 5.41) is 0. The van der Waals surface area contributed by atoms with Gasteiger partial charge in [-0.1, -0.05) is 23.2 Å². The lowest BCUT2D eigenvalue weighted by Crippen LogP contribution is -2.03. The molecule has 2 atom stereocenters. The van der Waals surface area contributed by atoms with Crippen LogP contribution in [0.3, 0.4) is 0 Å². The Hall–Kier alpha value is 0.880. The summed E-state index contributed by atoms with van der Waals surface area (Å²) in [7, 11) is -9.37. The third-order valence-electron chi connectivity index (χ3n) is 0.781. The van der Waals surface area contributed by atoms with E-state index in [1.54, 1.807) is 0 Å². The molecule has 0 aliphatic carbocycles. The third-order valence-corrected chi connectivity index (χ3v) is 5.92. The maximum absolute atomic E-state index is 10.8. The van der Waals surface area contributed by atoms with Crippen molar-refractivity contribution in [3.05, 3.63) is 0 Å². The topological polar surface area (TPSA) is 104 Å². The van der Waals surface area contributed by atoms with Gasteiger partial charge in [0, 0.05) is 0 Å². The van der Waals surface area contributed by atoms with Crippen LogP contribution in [0.15, 0.2) is 0 Å². The van der Waals surface area contributed by atoms with Crippen LogP contribution < -0.4 is 0 Å². The molecule has 0 aromatic rings. The molecule has 0 aromatic heterocycles. The molecule has 0 saturated carbocycles. The van der Waals surface area contributed by atoms with Crippen LogP contribution in [0.5, 0.6) is 0 Å². The average molecular weight is 259 g/mol. The molecule has 0 aliphatic rings. The minimum atomic E-state index is -4.84. The van der Waals surface area contributed by atoms with Gasteiger partial charge in [-0.15, -0.1) is 0 Å². The quantitative estimate of drug-likeness (QED) is 0.515. The second-order valence-electron chi connectivity index (χ2n) is 1.70. The normalized spacial score (nSPS) is 20.1. The Kier molecular flexibility index (Phi) is 4.72. The summed E-state index contributed by atoms with van der Waals surface area (Å²) in [5.74, 6) is 0. The van der Waals surface area contributed by atoms with E-state index in [0.717, 1.165) is 0 Å². The summed E-state index contributed by atoms with van der Waals surface area (Å²) in [6.45, 7) is 0. The standard InChI is InChI=1S/C2H6Cl2O6P2/c3-1-10-12(8,9)2(4)11(5,6)7/h2H,1H2,(H,8,9)(H2,5,6,7). The van der Waals surface area contributed by atoms with Crippen molar-refractivity contribution in [3.8, 4) is 0 Å². The van der Waals surface area contributed by atoms with Crippen molar-refractivity contribution in [2.45, 2.75) is 4.86 Å². The van der Waals surface area contributed by atoms with Gasteiger partial charge < -0.3 is 14.7 Å². The highest BCUT2D eigenvalue weighted by atomic mass is 35.5. The van der Waals surface area contributed by atoms with Crippen LogP contribution in [0.4, 0.5) is 0 Å². The second-order valence-corrected chi connectivity index (χ2v) is 6.97. The van der Waals surface area contributed by atoms with Crippen LogP contribution in [-0.2, 0) is 13.7 Å². The van der Waals surface area contributed by atoms with Gasteiger partial charge >= 0.3 is 15.2 Å². The zero-order valence-corrected chi connectivity index (χ0v) is 8.80. The second kappa shape index (κ2) is 4.40. The molecule has 0 aromatic carbocycles. The van der Waals surface area contributed by atoms with Gasteiger partial charge in [0.05, 0.1) is 0 Å². The van der Waals surface area contributed by atoms with E-state index in [9.17, 15) is 9.13 Å². The molecule has 12 heavy (non-hydrogen) atoms. The summed E-state index contributed by atoms with van der Waals surface area (Å²) in [6.07, 6.45) is 0. The van der Waals surface area contributed by atoms with Crippen molar-refractivity contribution in [2.75, 3.05) is 6.07 Å². The monoisotopic (exact) mass is 258 g/mol. The van der Waals surface area contributed by atoms with Crippen LogP contribution in [0.1, 0.15) is 0 Å². The lowest BCUT2D eigenvalue weighted by Gasteiger charge is -2.16. The molecule has 0 radical (unpaired) electrons. The molecular weight excluding hydrogens is 253 g/mol. The number of halogens is 2. The lowest BCUT2D eigenvalue weighted by atomic mass is 11.7. The molecule has 0 amide bonds. The van der Waals surface area contributed by atoms with Gasteiger partial charge in [-0.25, -0.2) is 0 Å². The smallest absolute Gasteiger partial charge is 0.323 e. The molecule has 0 saturated heterocycles. The molecule has 0 fully saturated rings. The van der Waals surface area contributed by atoms with Gasteiger partial charge in [0.25, 0.3) is 0 Å². The van der Waals surface area contributed by atoms with E-state index in [4.69, 9.17) is 37.9 Å². The minimum absolute atomic E-state index is 0.670. The number of alkyl halides is 2. The van der Waals surface area contributed by atoms with Gasteiger partial charge in [0.15, 0.2) is 0 Å². The van der Waals surface area contributed by atoms with Gasteiger partial charge in [0.1, 0.15) is 6.07 Å². The largest absolute Gasteiger partial charge is 0.359 e. The van der Waals surface area contributed by atoms with Crippen molar-refractivity contribution >= 4 is 38.4 Å². The highest BCUT2D eigenvalue weighted by molar-refractivity contribution is 7.74. The molecule has 0 aliphatic heterocycles. The average Bonchev–Trinajstić information content (AvgIpc) is 1.84. The van der Waals surface area contributed by atoms with Crippen LogP contribution in [-0.4, -0.2) is 25.6 Å². The predicted octanol–water partition coefficient (Wildman–Crippen LogP) is 1.08. The zero-order valence-electron chi connectivity index (χ0n) is 5.50. The fourth-order valence-corrected chi connectivity index (χ4v) is 2.89. The Labute approximate surface area is 78.1 Å². The first-order valence-corrected chi connectivity index (χ1v) is 6.74. The van der Waals surface area contributed by atoms with Gasteiger partial charge in [0.2, 0.25) is 4.86 Å². The summed E-state index contributed by atoms with van der Waals surface area (Å²) in [4.78, 5) is 23.2. The van der Waals surface area contributed by atoms with E-state index in [-0.39, 0.29) is 0 Å². The maximum Gasteiger partial charge on any atom is 0.359 e. The van der Waals surface area contributed by atoms with E-state index in [1.165, 1.54) is 0 Å². The van der Waals surface area contributed by atoms with Crippen LogP contribution in [0.2, 0.25) is 0 Å². The van der Waals surface area contributed by atoms with E-state index in [0.29, 0.717) is 0 Å². The van der Waals surface area contributed by atoms with E-state index in [2.05, 4.69) is 4.52 Å². The van der Waals surface area contributed by atoms with Gasteiger partial charge in [-0.3, -0.25) is 13.7 Å². The Morgan fingerprint density at radius 1 is 1.33 bits per heavy atom. The predicted molar refractivity (Wildman–Crippen MR) is 43.3 cm³/mol. The zero-order chi connectivity index (χ0) is 9.99. The van der Waals surface area contributed by atoms with Crippen molar-refractivity contribution in [3.63, 3.8) is 0 Å². The fraction of sp³-hybridized carbons (Fsp3) is 1.00. The summed E-state index contributed by atoms with van der Waals surface area (Å²) < 4.78 is 25.1. The van der Waals surface area contributed by atoms with Crippen molar-refractivity contribution < 1.29 is 28.3 Å². The van der Waals surface area contributed by atoms with Crippen LogP contribution in [0.25, 0.3) is 0 Å². The van der Waals surface area contributed by atoms with Crippen LogP contribution in [0, 0.1) is 0 Å². The first kappa shape index (κ1) is 12.9. The third kappa shape index (κ3) is 3.73. The first-order chi connectivity index (χ1) is 5.22. The number of hydrogen-bond acceptors (Lipinski definition) is 3. The Balaban J connectivity index is 4.58. The highest BCUT2D eigenvalue weighted by Crippen LogP contribution is 2.64. The van der Waals surface area contributed by atoms with E-state index in [1.807, 2.05) is 0 Å². The molecule has 10 heteroatoms. The molecule has 0 spiro atoms. The van der Waals surface area contributed by atoms with E-state index >= 15 is 0 Å². The molecule has 6 nitrogen and oxygen atoms in total. The molecular formula is C2H6Cl2O6P2. The molecule has 3 N–H and O–H groups in total. The van der Waals surface area contributed by atoms with Crippen molar-refractivity contribution in [1.82, 2.24) is 0 Å². The van der Waals surface area contributed by atoms with Gasteiger partial charge in [-0.2, -0.15) is 0 Å².